The molecule has 0 saturated heterocycles. The zero-order valence-corrected chi connectivity index (χ0v) is 14.2. The van der Waals surface area contributed by atoms with Crippen LogP contribution in [0.25, 0.3) is 0 Å². The van der Waals surface area contributed by atoms with Crippen molar-refractivity contribution in [1.82, 2.24) is 0 Å². The van der Waals surface area contributed by atoms with E-state index in [1.54, 1.807) is 0 Å². The Hall–Kier alpha value is -1.40. The Labute approximate surface area is 142 Å². The molecule has 0 bridgehead atoms. The predicted molar refractivity (Wildman–Crippen MR) is 86.9 cm³/mol. The molecule has 2 N–H and O–H groups in total. The van der Waals surface area contributed by atoms with Crippen LogP contribution < -0.4 is 0 Å². The molecular weight excluding hydrogens is 312 g/mol. The van der Waals surface area contributed by atoms with Crippen LogP contribution in [0.15, 0.2) is 12.7 Å². The molecule has 0 aromatic heterocycles. The fraction of sp³-hybridized carbons (Fsp3) is 0.778. The van der Waals surface area contributed by atoms with Gasteiger partial charge in [0, 0.05) is 12.5 Å². The number of hydrogen-bond acceptors (Lipinski definition) is 6. The Kier molecular flexibility index (Phi) is 6.80. The molecular formula is C18H28O6. The summed E-state index contributed by atoms with van der Waals surface area (Å²) in [6.07, 6.45) is 3.04. The maximum Gasteiger partial charge on any atom is 0.330 e. The Morgan fingerprint density at radius 1 is 1.12 bits per heavy atom. The first-order valence-corrected chi connectivity index (χ1v) is 8.76. The lowest BCUT2D eigenvalue weighted by Crippen LogP contribution is -2.40. The highest BCUT2D eigenvalue weighted by molar-refractivity contribution is 5.81. The topological polar surface area (TPSA) is 93.1 Å². The van der Waals surface area contributed by atoms with E-state index in [0.29, 0.717) is 19.4 Å². The summed E-state index contributed by atoms with van der Waals surface area (Å²) < 4.78 is 10.6. The molecule has 0 aromatic carbocycles. The standard InChI is InChI=1S/C18H28O6/c1-3-17(21)24-16-9-13(5-7-15(16)20)18(22)23-10-12-4-6-14(19)11(2)8-12/h3,11-16,19-20H,1,4-10H2,2H3. The Morgan fingerprint density at radius 3 is 2.50 bits per heavy atom. The summed E-state index contributed by atoms with van der Waals surface area (Å²) >= 11 is 0. The summed E-state index contributed by atoms with van der Waals surface area (Å²) in [4.78, 5) is 23.6. The van der Waals surface area contributed by atoms with E-state index in [0.717, 1.165) is 25.3 Å². The molecule has 0 heterocycles. The lowest BCUT2D eigenvalue weighted by molar-refractivity contribution is -0.163. The molecule has 0 radical (unpaired) electrons. The molecule has 0 aromatic rings. The van der Waals surface area contributed by atoms with Crippen molar-refractivity contribution in [3.63, 3.8) is 0 Å². The monoisotopic (exact) mass is 340 g/mol. The van der Waals surface area contributed by atoms with Gasteiger partial charge in [-0.2, -0.15) is 0 Å². The van der Waals surface area contributed by atoms with E-state index in [4.69, 9.17) is 9.47 Å². The minimum absolute atomic E-state index is 0.231. The molecule has 6 nitrogen and oxygen atoms in total. The Morgan fingerprint density at radius 2 is 1.83 bits per heavy atom. The van der Waals surface area contributed by atoms with Gasteiger partial charge in [0.15, 0.2) is 0 Å². The molecule has 6 atom stereocenters. The van der Waals surface area contributed by atoms with Gasteiger partial charge in [-0.1, -0.05) is 13.5 Å². The first-order valence-electron chi connectivity index (χ1n) is 8.76. The van der Waals surface area contributed by atoms with Crippen LogP contribution in [0.3, 0.4) is 0 Å². The van der Waals surface area contributed by atoms with Crippen molar-refractivity contribution in [3.8, 4) is 0 Å². The van der Waals surface area contributed by atoms with Crippen molar-refractivity contribution >= 4 is 11.9 Å². The van der Waals surface area contributed by atoms with Crippen LogP contribution in [-0.4, -0.2) is 47.1 Å². The van der Waals surface area contributed by atoms with Gasteiger partial charge in [0.05, 0.1) is 24.7 Å². The number of ether oxygens (including phenoxy) is 2. The fourth-order valence-electron chi connectivity index (χ4n) is 3.61. The van der Waals surface area contributed by atoms with E-state index in [9.17, 15) is 19.8 Å². The average Bonchev–Trinajstić information content (AvgIpc) is 2.57. The molecule has 2 fully saturated rings. The van der Waals surface area contributed by atoms with Crippen LogP contribution in [0.2, 0.25) is 0 Å². The number of carbonyl (C=O) groups excluding carboxylic acids is 2. The van der Waals surface area contributed by atoms with E-state index in [1.807, 2.05) is 6.92 Å². The van der Waals surface area contributed by atoms with Gasteiger partial charge < -0.3 is 19.7 Å². The summed E-state index contributed by atoms with van der Waals surface area (Å²) in [6, 6.07) is 0. The van der Waals surface area contributed by atoms with Crippen LogP contribution in [-0.2, 0) is 19.1 Å². The molecule has 6 unspecified atom stereocenters. The molecule has 0 amide bonds. The smallest absolute Gasteiger partial charge is 0.330 e. The highest BCUT2D eigenvalue weighted by atomic mass is 16.6. The zero-order chi connectivity index (χ0) is 17.7. The molecule has 136 valence electrons. The first kappa shape index (κ1) is 18.9. The highest BCUT2D eigenvalue weighted by Crippen LogP contribution is 2.31. The Bertz CT molecular complexity index is 462. The van der Waals surface area contributed by atoms with Crippen LogP contribution >= 0.6 is 0 Å². The van der Waals surface area contributed by atoms with Gasteiger partial charge in [0.25, 0.3) is 0 Å². The molecule has 2 saturated carbocycles. The normalized spacial score (nSPS) is 36.6. The van der Waals surface area contributed by atoms with Crippen molar-refractivity contribution in [2.24, 2.45) is 17.8 Å². The van der Waals surface area contributed by atoms with Crippen LogP contribution in [0.4, 0.5) is 0 Å². The van der Waals surface area contributed by atoms with Crippen LogP contribution in [0, 0.1) is 17.8 Å². The van der Waals surface area contributed by atoms with Crippen molar-refractivity contribution in [1.29, 1.82) is 0 Å². The minimum Gasteiger partial charge on any atom is -0.465 e. The fourth-order valence-corrected chi connectivity index (χ4v) is 3.61. The predicted octanol–water partition coefficient (Wildman–Crippen LogP) is 1.59. The van der Waals surface area contributed by atoms with E-state index in [2.05, 4.69) is 6.58 Å². The maximum absolute atomic E-state index is 12.3. The SMILES string of the molecule is C=CC(=O)OC1CC(C(=O)OCC2CCC(O)C(C)C2)CCC1O. The number of esters is 2. The number of rotatable bonds is 5. The van der Waals surface area contributed by atoms with E-state index < -0.39 is 18.2 Å². The molecule has 0 aliphatic heterocycles. The second kappa shape index (κ2) is 8.62. The summed E-state index contributed by atoms with van der Waals surface area (Å²) in [5.74, 6) is -0.725. The van der Waals surface area contributed by atoms with Crippen LogP contribution in [0.5, 0.6) is 0 Å². The van der Waals surface area contributed by atoms with Gasteiger partial charge in [-0.25, -0.2) is 4.79 Å². The third-order valence-corrected chi connectivity index (χ3v) is 5.22. The lowest BCUT2D eigenvalue weighted by atomic mass is 9.81. The second-order valence-corrected chi connectivity index (χ2v) is 7.11. The van der Waals surface area contributed by atoms with Gasteiger partial charge in [-0.05, 0) is 43.9 Å². The average molecular weight is 340 g/mol. The number of hydrogen-bond donors (Lipinski definition) is 2. The molecule has 0 spiro atoms. The van der Waals surface area contributed by atoms with Crippen molar-refractivity contribution in [3.05, 3.63) is 12.7 Å². The third-order valence-electron chi connectivity index (χ3n) is 5.22. The summed E-state index contributed by atoms with van der Waals surface area (Å²) in [6.45, 7) is 5.71. The summed E-state index contributed by atoms with van der Waals surface area (Å²) in [5.41, 5.74) is 0. The van der Waals surface area contributed by atoms with Gasteiger partial charge in [-0.15, -0.1) is 0 Å². The largest absolute Gasteiger partial charge is 0.465 e. The van der Waals surface area contributed by atoms with Crippen molar-refractivity contribution in [2.75, 3.05) is 6.61 Å². The Balaban J connectivity index is 1.79. The molecule has 2 rings (SSSR count). The molecule has 2 aliphatic carbocycles. The number of aliphatic hydroxyl groups is 2. The van der Waals surface area contributed by atoms with Gasteiger partial charge in [0.1, 0.15) is 6.10 Å². The van der Waals surface area contributed by atoms with E-state index in [-0.39, 0.29) is 36.2 Å². The summed E-state index contributed by atoms with van der Waals surface area (Å²) in [5, 5.41) is 19.7. The van der Waals surface area contributed by atoms with Gasteiger partial charge in [0.2, 0.25) is 0 Å². The van der Waals surface area contributed by atoms with E-state index in [1.165, 1.54) is 0 Å². The lowest BCUT2D eigenvalue weighted by Gasteiger charge is -2.33. The molecule has 2 aliphatic rings. The van der Waals surface area contributed by atoms with Crippen LogP contribution in [0.1, 0.15) is 45.4 Å². The third kappa shape index (κ3) is 5.05. The highest BCUT2D eigenvalue weighted by Gasteiger charge is 2.36. The number of aliphatic hydroxyl groups excluding tert-OH is 2. The number of carbonyl (C=O) groups is 2. The molecule has 6 heteroatoms. The molecule has 24 heavy (non-hydrogen) atoms. The zero-order valence-electron chi connectivity index (χ0n) is 14.2. The van der Waals surface area contributed by atoms with Crippen molar-refractivity contribution in [2.45, 2.75) is 63.8 Å². The minimum atomic E-state index is -0.751. The van der Waals surface area contributed by atoms with Gasteiger partial charge in [-0.3, -0.25) is 4.79 Å². The maximum atomic E-state index is 12.3. The second-order valence-electron chi connectivity index (χ2n) is 7.11. The first-order chi connectivity index (χ1) is 11.4. The quantitative estimate of drug-likeness (QED) is 0.583. The van der Waals surface area contributed by atoms with Crippen molar-refractivity contribution < 1.29 is 29.3 Å². The summed E-state index contributed by atoms with van der Waals surface area (Å²) in [7, 11) is 0. The van der Waals surface area contributed by atoms with E-state index >= 15 is 0 Å². The van der Waals surface area contributed by atoms with Gasteiger partial charge >= 0.3 is 11.9 Å².